The zero-order valence-corrected chi connectivity index (χ0v) is 28.0. The molecule has 2 N–H and O–H groups in total. The molecular formula is C37H37N5O6S. The number of benzene rings is 4. The van der Waals surface area contributed by atoms with E-state index in [0.717, 1.165) is 39.1 Å². The number of esters is 1. The Morgan fingerprint density at radius 2 is 1.69 bits per heavy atom. The summed E-state index contributed by atoms with van der Waals surface area (Å²) in [4.78, 5) is 23.5. The molecule has 0 aliphatic carbocycles. The van der Waals surface area contributed by atoms with Crippen molar-refractivity contribution in [3.63, 3.8) is 0 Å². The van der Waals surface area contributed by atoms with Crippen molar-refractivity contribution in [2.75, 3.05) is 5.75 Å². The van der Waals surface area contributed by atoms with Crippen molar-refractivity contribution in [1.82, 2.24) is 25.5 Å². The highest BCUT2D eigenvalue weighted by atomic mass is 32.2. The number of para-hydroxylation sites is 1. The van der Waals surface area contributed by atoms with Gasteiger partial charge in [-0.3, -0.25) is 9.59 Å². The highest BCUT2D eigenvalue weighted by molar-refractivity contribution is 7.99. The van der Waals surface area contributed by atoms with Gasteiger partial charge in [0.25, 0.3) is 5.91 Å². The van der Waals surface area contributed by atoms with E-state index in [-0.39, 0.29) is 24.7 Å². The third-order valence-electron chi connectivity index (χ3n) is 8.08. The Kier molecular flexibility index (Phi) is 11.1. The summed E-state index contributed by atoms with van der Waals surface area (Å²) in [6.45, 7) is 3.10. The summed E-state index contributed by atoms with van der Waals surface area (Å²) < 4.78 is 19.8. The molecule has 1 saturated heterocycles. The molecule has 4 aromatic carbocycles. The lowest BCUT2D eigenvalue weighted by Gasteiger charge is -2.36. The number of ether oxygens (including phenoxy) is 3. The number of carbonyl (C=O) groups excluding carboxylic acids is 2. The van der Waals surface area contributed by atoms with E-state index in [4.69, 9.17) is 14.2 Å². The average molecular weight is 680 g/mol. The number of nitrogens with zero attached hydrogens (tertiary/aromatic N) is 4. The Hall–Kier alpha value is -4.88. The molecule has 1 fully saturated rings. The van der Waals surface area contributed by atoms with E-state index < -0.39 is 18.4 Å². The van der Waals surface area contributed by atoms with Crippen molar-refractivity contribution >= 4 is 23.6 Å². The van der Waals surface area contributed by atoms with Crippen molar-refractivity contribution in [3.8, 4) is 16.8 Å². The minimum absolute atomic E-state index is 0.0217. The number of aliphatic hydroxyl groups excluding tert-OH is 1. The molecule has 11 nitrogen and oxygen atoms in total. The van der Waals surface area contributed by atoms with Crippen LogP contribution >= 0.6 is 11.8 Å². The second kappa shape index (κ2) is 16.0. The van der Waals surface area contributed by atoms with Gasteiger partial charge in [-0.2, -0.15) is 4.68 Å². The molecule has 2 heterocycles. The summed E-state index contributed by atoms with van der Waals surface area (Å²) in [6.07, 6.45) is -1.22. The summed E-state index contributed by atoms with van der Waals surface area (Å²) >= 11 is 1.53. The van der Waals surface area contributed by atoms with Gasteiger partial charge >= 0.3 is 5.97 Å². The van der Waals surface area contributed by atoms with Crippen LogP contribution in [0, 0.1) is 0 Å². The van der Waals surface area contributed by atoms with Crippen LogP contribution in [-0.2, 0) is 37.0 Å². The SMILES string of the molecule is CC(=O)OC(C)C(=O)NCc1cccc(-c2ccc(C3OC(CSc4nnnn4-c4ccccc4)CC(c4ccc(CO)cc4)O3)cc2)c1. The molecule has 0 spiro atoms. The normalized spacial score (nSPS) is 18.1. The van der Waals surface area contributed by atoms with Crippen molar-refractivity contribution in [2.45, 2.75) is 63.2 Å². The minimum Gasteiger partial charge on any atom is -0.453 e. The second-order valence-electron chi connectivity index (χ2n) is 11.7. The van der Waals surface area contributed by atoms with Crippen molar-refractivity contribution in [1.29, 1.82) is 0 Å². The van der Waals surface area contributed by atoms with Crippen LogP contribution in [0.25, 0.3) is 16.8 Å². The van der Waals surface area contributed by atoms with Crippen LogP contribution in [0.4, 0.5) is 0 Å². The number of hydrogen-bond donors (Lipinski definition) is 2. The van der Waals surface area contributed by atoms with Crippen LogP contribution in [-0.4, -0.2) is 55.2 Å². The number of aliphatic hydroxyl groups is 1. The number of thioether (sulfide) groups is 1. The van der Waals surface area contributed by atoms with Crippen molar-refractivity contribution in [2.24, 2.45) is 0 Å². The third-order valence-corrected chi connectivity index (χ3v) is 9.13. The average Bonchev–Trinajstić information content (AvgIpc) is 3.62. The smallest absolute Gasteiger partial charge is 0.303 e. The summed E-state index contributed by atoms with van der Waals surface area (Å²) in [6, 6.07) is 33.5. The largest absolute Gasteiger partial charge is 0.453 e. The maximum atomic E-state index is 12.3. The molecule has 4 unspecified atom stereocenters. The summed E-state index contributed by atoms with van der Waals surface area (Å²) in [7, 11) is 0. The number of tetrazole rings is 1. The van der Waals surface area contributed by atoms with Crippen LogP contribution in [0.2, 0.25) is 0 Å². The zero-order valence-electron chi connectivity index (χ0n) is 27.1. The molecule has 1 amide bonds. The number of carbonyl (C=O) groups is 2. The van der Waals surface area contributed by atoms with Gasteiger partial charge in [0, 0.05) is 31.2 Å². The lowest BCUT2D eigenvalue weighted by Crippen LogP contribution is -2.35. The van der Waals surface area contributed by atoms with Crippen LogP contribution in [0.15, 0.2) is 108 Å². The Balaban J connectivity index is 1.16. The fraction of sp³-hybridized carbons (Fsp3) is 0.270. The second-order valence-corrected chi connectivity index (χ2v) is 12.6. The maximum absolute atomic E-state index is 12.3. The molecule has 1 aromatic heterocycles. The highest BCUT2D eigenvalue weighted by Gasteiger charge is 2.32. The van der Waals surface area contributed by atoms with Gasteiger partial charge in [0.15, 0.2) is 12.4 Å². The number of aromatic nitrogens is 4. The first-order chi connectivity index (χ1) is 23.9. The predicted octanol–water partition coefficient (Wildman–Crippen LogP) is 5.73. The van der Waals surface area contributed by atoms with Gasteiger partial charge in [0.1, 0.15) is 0 Å². The first-order valence-corrected chi connectivity index (χ1v) is 17.0. The van der Waals surface area contributed by atoms with E-state index in [1.54, 1.807) is 11.6 Å². The number of rotatable bonds is 12. The lowest BCUT2D eigenvalue weighted by molar-refractivity contribution is -0.245. The molecule has 1 aliphatic heterocycles. The van der Waals surface area contributed by atoms with Crippen molar-refractivity contribution < 1.29 is 28.9 Å². The molecule has 1 aliphatic rings. The molecule has 5 aromatic rings. The fourth-order valence-electron chi connectivity index (χ4n) is 5.52. The first kappa shape index (κ1) is 34.0. The van der Waals surface area contributed by atoms with Gasteiger partial charge in [-0.25, -0.2) is 0 Å². The Morgan fingerprint density at radius 1 is 0.939 bits per heavy atom. The van der Waals surface area contributed by atoms with Crippen LogP contribution < -0.4 is 5.32 Å². The maximum Gasteiger partial charge on any atom is 0.303 e. The topological polar surface area (TPSA) is 138 Å². The zero-order chi connectivity index (χ0) is 34.2. The fourth-order valence-corrected chi connectivity index (χ4v) is 6.43. The predicted molar refractivity (Wildman–Crippen MR) is 183 cm³/mol. The number of amides is 1. The van der Waals surface area contributed by atoms with Gasteiger partial charge in [-0.1, -0.05) is 96.7 Å². The van der Waals surface area contributed by atoms with Gasteiger partial charge < -0.3 is 24.6 Å². The molecule has 12 heteroatoms. The van der Waals surface area contributed by atoms with E-state index >= 15 is 0 Å². The van der Waals surface area contributed by atoms with E-state index in [2.05, 4.69) is 20.8 Å². The monoisotopic (exact) mass is 679 g/mol. The molecule has 0 radical (unpaired) electrons. The molecular weight excluding hydrogens is 643 g/mol. The summed E-state index contributed by atoms with van der Waals surface area (Å²) in [5, 5.41) is 25.4. The Bertz CT molecular complexity index is 1850. The van der Waals surface area contributed by atoms with Gasteiger partial charge in [0.2, 0.25) is 5.16 Å². The van der Waals surface area contributed by atoms with Gasteiger partial charge in [-0.15, -0.1) is 5.10 Å². The van der Waals surface area contributed by atoms with Crippen molar-refractivity contribution in [3.05, 3.63) is 125 Å². The summed E-state index contributed by atoms with van der Waals surface area (Å²) in [5.74, 6) is -0.244. The quantitative estimate of drug-likeness (QED) is 0.124. The molecule has 4 atom stereocenters. The van der Waals surface area contributed by atoms with E-state index in [9.17, 15) is 14.7 Å². The molecule has 0 saturated carbocycles. The van der Waals surface area contributed by atoms with Crippen LogP contribution in [0.3, 0.4) is 0 Å². The lowest BCUT2D eigenvalue weighted by atomic mass is 9.99. The third kappa shape index (κ3) is 8.78. The standard InChI is InChI=1S/C37H37N5O6S/c1-24(46-25(2)44)35(45)38-21-27-7-6-8-31(19-27)28-15-17-30(18-16-28)36-47-33(20-34(48-36)29-13-11-26(22-43)12-14-29)23-49-37-39-40-41-42(37)32-9-4-3-5-10-32/h3-19,24,33-34,36,43H,20-23H2,1-2H3,(H,38,45). The first-order valence-electron chi connectivity index (χ1n) is 16.0. The Morgan fingerprint density at radius 3 is 2.43 bits per heavy atom. The van der Waals surface area contributed by atoms with Crippen LogP contribution in [0.5, 0.6) is 0 Å². The molecule has 49 heavy (non-hydrogen) atoms. The summed E-state index contributed by atoms with van der Waals surface area (Å²) in [5.41, 5.74) is 6.51. The molecule has 252 valence electrons. The highest BCUT2D eigenvalue weighted by Crippen LogP contribution is 2.40. The van der Waals surface area contributed by atoms with E-state index in [1.807, 2.05) is 103 Å². The van der Waals surface area contributed by atoms with E-state index in [1.165, 1.54) is 18.7 Å². The molecule has 0 bridgehead atoms. The number of hydrogen-bond acceptors (Lipinski definition) is 10. The van der Waals surface area contributed by atoms with Crippen LogP contribution in [0.1, 0.15) is 54.9 Å². The minimum atomic E-state index is -0.860. The number of nitrogens with one attached hydrogen (secondary N) is 1. The van der Waals surface area contributed by atoms with Gasteiger partial charge in [-0.05, 0) is 63.4 Å². The van der Waals surface area contributed by atoms with E-state index in [0.29, 0.717) is 23.9 Å². The Labute approximate surface area is 288 Å². The van der Waals surface area contributed by atoms with Gasteiger partial charge in [0.05, 0.1) is 24.5 Å². The molecule has 6 rings (SSSR count).